The predicted molar refractivity (Wildman–Crippen MR) is 63.0 cm³/mol. The van der Waals surface area contributed by atoms with Crippen LogP contribution in [0.5, 0.6) is 0 Å². The fourth-order valence-electron chi connectivity index (χ4n) is 1.22. The van der Waals surface area contributed by atoms with Gasteiger partial charge in [0, 0.05) is 26.3 Å². The van der Waals surface area contributed by atoms with Crippen LogP contribution in [0.3, 0.4) is 0 Å². The van der Waals surface area contributed by atoms with Crippen LogP contribution in [0.4, 0.5) is 5.82 Å². The molecule has 88 valence electrons. The second-order valence-electron chi connectivity index (χ2n) is 3.93. The second kappa shape index (κ2) is 5.46. The molecule has 0 saturated carbocycles. The molecule has 0 aromatic carbocycles. The smallest absolute Gasteiger partial charge is 0.335 e. The van der Waals surface area contributed by atoms with Crippen LogP contribution in [0, 0.1) is 0 Å². The number of anilines is 1. The molecule has 1 aromatic rings. The Morgan fingerprint density at radius 1 is 1.38 bits per heavy atom. The van der Waals surface area contributed by atoms with Gasteiger partial charge in [-0.05, 0) is 26.2 Å². The molecule has 1 heterocycles. The first-order chi connectivity index (χ1) is 7.50. The molecule has 0 aliphatic carbocycles. The van der Waals surface area contributed by atoms with Crippen LogP contribution in [0.25, 0.3) is 0 Å². The zero-order valence-electron chi connectivity index (χ0n) is 9.84. The van der Waals surface area contributed by atoms with Gasteiger partial charge in [-0.3, -0.25) is 0 Å². The molecule has 0 bridgehead atoms. The highest BCUT2D eigenvalue weighted by Gasteiger charge is 2.07. The minimum Gasteiger partial charge on any atom is -0.478 e. The monoisotopic (exact) mass is 223 g/mol. The molecule has 5 nitrogen and oxygen atoms in total. The zero-order chi connectivity index (χ0) is 12.1. The number of carboxylic acids is 1. The average molecular weight is 223 g/mol. The third kappa shape index (κ3) is 3.51. The van der Waals surface area contributed by atoms with Crippen LogP contribution in [-0.4, -0.2) is 55.2 Å². The van der Waals surface area contributed by atoms with Crippen molar-refractivity contribution >= 4 is 11.8 Å². The molecule has 0 spiro atoms. The van der Waals surface area contributed by atoms with Gasteiger partial charge in [0.2, 0.25) is 0 Å². The number of rotatable bonds is 5. The molecule has 1 N–H and O–H groups in total. The van der Waals surface area contributed by atoms with Crippen molar-refractivity contribution < 1.29 is 9.90 Å². The van der Waals surface area contributed by atoms with Gasteiger partial charge in [0.25, 0.3) is 0 Å². The number of hydrogen-bond donors (Lipinski definition) is 1. The van der Waals surface area contributed by atoms with E-state index in [4.69, 9.17) is 5.11 Å². The van der Waals surface area contributed by atoms with Crippen LogP contribution in [-0.2, 0) is 0 Å². The largest absolute Gasteiger partial charge is 0.478 e. The molecular weight excluding hydrogens is 206 g/mol. The summed E-state index contributed by atoms with van der Waals surface area (Å²) in [6, 6.07) is 3.07. The van der Waals surface area contributed by atoms with E-state index in [1.165, 1.54) is 12.3 Å². The lowest BCUT2D eigenvalue weighted by Gasteiger charge is -2.20. The average Bonchev–Trinajstić information content (AvgIpc) is 2.26. The molecule has 0 radical (unpaired) electrons. The Hall–Kier alpha value is -1.62. The van der Waals surface area contributed by atoms with Gasteiger partial charge < -0.3 is 14.9 Å². The first-order valence-electron chi connectivity index (χ1n) is 5.06. The second-order valence-corrected chi connectivity index (χ2v) is 3.93. The van der Waals surface area contributed by atoms with Crippen LogP contribution < -0.4 is 4.90 Å². The lowest BCUT2D eigenvalue weighted by molar-refractivity contribution is 0.0697. The summed E-state index contributed by atoms with van der Waals surface area (Å²) in [4.78, 5) is 18.9. The van der Waals surface area contributed by atoms with E-state index >= 15 is 0 Å². The topological polar surface area (TPSA) is 56.7 Å². The van der Waals surface area contributed by atoms with Gasteiger partial charge in [0.1, 0.15) is 5.82 Å². The Labute approximate surface area is 95.3 Å². The van der Waals surface area contributed by atoms with E-state index in [9.17, 15) is 4.79 Å². The lowest BCUT2D eigenvalue weighted by Crippen LogP contribution is -2.29. The quantitative estimate of drug-likeness (QED) is 0.799. The summed E-state index contributed by atoms with van der Waals surface area (Å²) in [7, 11) is 5.89. The summed E-state index contributed by atoms with van der Waals surface area (Å²) in [6.45, 7) is 1.71. The molecule has 0 aliphatic heterocycles. The number of aromatic carboxylic acids is 1. The van der Waals surface area contributed by atoms with Crippen molar-refractivity contribution in [2.45, 2.75) is 0 Å². The van der Waals surface area contributed by atoms with Crippen LogP contribution >= 0.6 is 0 Å². The molecule has 1 rings (SSSR count). The van der Waals surface area contributed by atoms with Crippen molar-refractivity contribution in [1.82, 2.24) is 9.88 Å². The molecule has 0 saturated heterocycles. The van der Waals surface area contributed by atoms with Gasteiger partial charge in [-0.1, -0.05) is 0 Å². The third-order valence-corrected chi connectivity index (χ3v) is 2.27. The minimum atomic E-state index is -0.926. The van der Waals surface area contributed by atoms with Gasteiger partial charge in [-0.25, -0.2) is 9.78 Å². The number of carbonyl (C=O) groups is 1. The van der Waals surface area contributed by atoms with Crippen molar-refractivity contribution in [2.24, 2.45) is 0 Å². The summed E-state index contributed by atoms with van der Waals surface area (Å²) < 4.78 is 0. The van der Waals surface area contributed by atoms with E-state index in [1.807, 2.05) is 26.0 Å². The molecular formula is C11H17N3O2. The summed E-state index contributed by atoms with van der Waals surface area (Å²) in [5.74, 6) is -0.244. The van der Waals surface area contributed by atoms with Gasteiger partial charge in [0.05, 0.1) is 5.56 Å². The van der Waals surface area contributed by atoms with Crippen LogP contribution in [0.2, 0.25) is 0 Å². The number of aromatic nitrogens is 1. The normalized spacial score (nSPS) is 10.5. The van der Waals surface area contributed by atoms with E-state index in [2.05, 4.69) is 9.88 Å². The van der Waals surface area contributed by atoms with Crippen LogP contribution in [0.1, 0.15) is 10.4 Å². The van der Waals surface area contributed by atoms with Gasteiger partial charge in [-0.2, -0.15) is 0 Å². The van der Waals surface area contributed by atoms with Crippen molar-refractivity contribution in [3.8, 4) is 0 Å². The highest BCUT2D eigenvalue weighted by Crippen LogP contribution is 2.10. The van der Waals surface area contributed by atoms with E-state index < -0.39 is 5.97 Å². The molecule has 0 unspecified atom stereocenters. The first kappa shape index (κ1) is 12.4. The molecule has 1 aromatic heterocycles. The third-order valence-electron chi connectivity index (χ3n) is 2.27. The van der Waals surface area contributed by atoms with Crippen molar-refractivity contribution in [1.29, 1.82) is 0 Å². The Bertz CT molecular complexity index is 366. The fourth-order valence-corrected chi connectivity index (χ4v) is 1.22. The first-order valence-corrected chi connectivity index (χ1v) is 5.06. The predicted octanol–water partition coefficient (Wildman–Crippen LogP) is 0.778. The molecule has 5 heteroatoms. The maximum Gasteiger partial charge on any atom is 0.335 e. The Kier molecular flexibility index (Phi) is 4.25. The lowest BCUT2D eigenvalue weighted by atomic mass is 10.2. The molecule has 0 amide bonds. The summed E-state index contributed by atoms with van der Waals surface area (Å²) >= 11 is 0. The number of likely N-dealkylation sites (N-methyl/N-ethyl adjacent to an activating group) is 2. The minimum absolute atomic E-state index is 0.265. The number of carboxylic acid groups (broad SMARTS) is 1. The van der Waals surface area contributed by atoms with E-state index in [1.54, 1.807) is 6.07 Å². The Balaban J connectivity index is 2.71. The van der Waals surface area contributed by atoms with Crippen molar-refractivity contribution in [3.05, 3.63) is 23.9 Å². The number of hydrogen-bond acceptors (Lipinski definition) is 4. The standard InChI is InChI=1S/C11H17N3O2/c1-13(2)6-7-14(3)10-8-9(11(15)16)4-5-12-10/h4-5,8H,6-7H2,1-3H3,(H,15,16). The fraction of sp³-hybridized carbons (Fsp3) is 0.455. The Morgan fingerprint density at radius 3 is 2.62 bits per heavy atom. The maximum absolute atomic E-state index is 10.8. The van der Waals surface area contributed by atoms with Gasteiger partial charge >= 0.3 is 5.97 Å². The van der Waals surface area contributed by atoms with E-state index in [-0.39, 0.29) is 5.56 Å². The number of pyridine rings is 1. The summed E-state index contributed by atoms with van der Waals surface area (Å²) in [5, 5.41) is 8.85. The molecule has 0 fully saturated rings. The zero-order valence-corrected chi connectivity index (χ0v) is 9.84. The van der Waals surface area contributed by atoms with E-state index in [0.717, 1.165) is 13.1 Å². The van der Waals surface area contributed by atoms with Gasteiger partial charge in [-0.15, -0.1) is 0 Å². The van der Waals surface area contributed by atoms with Crippen LogP contribution in [0.15, 0.2) is 18.3 Å². The SMILES string of the molecule is CN(C)CCN(C)c1cc(C(=O)O)ccn1. The molecule has 0 aliphatic rings. The van der Waals surface area contributed by atoms with Gasteiger partial charge in [0.15, 0.2) is 0 Å². The molecule has 16 heavy (non-hydrogen) atoms. The highest BCUT2D eigenvalue weighted by atomic mass is 16.4. The van der Waals surface area contributed by atoms with E-state index in [0.29, 0.717) is 5.82 Å². The van der Waals surface area contributed by atoms with Crippen molar-refractivity contribution in [3.63, 3.8) is 0 Å². The van der Waals surface area contributed by atoms with Crippen molar-refractivity contribution in [2.75, 3.05) is 39.1 Å². The Morgan fingerprint density at radius 2 is 2.06 bits per heavy atom. The summed E-state index contributed by atoms with van der Waals surface area (Å²) in [6.07, 6.45) is 1.52. The summed E-state index contributed by atoms with van der Waals surface area (Å²) in [5.41, 5.74) is 0.265. The molecule has 0 atom stereocenters. The highest BCUT2D eigenvalue weighted by molar-refractivity contribution is 5.88. The maximum atomic E-state index is 10.8. The number of nitrogens with zero attached hydrogens (tertiary/aromatic N) is 3.